The molecular formula is C19H24ClNO3. The molecule has 1 aromatic rings. The molecule has 0 spiro atoms. The topological polar surface area (TPSA) is 38.8 Å². The van der Waals surface area contributed by atoms with Gasteiger partial charge in [0.05, 0.1) is 18.2 Å². The molecule has 2 unspecified atom stereocenters. The quantitative estimate of drug-likeness (QED) is 0.762. The zero-order valence-corrected chi connectivity index (χ0v) is 15.4. The molecule has 0 saturated carbocycles. The van der Waals surface area contributed by atoms with Gasteiger partial charge in [0.25, 0.3) is 0 Å². The summed E-state index contributed by atoms with van der Waals surface area (Å²) >= 11 is 6.25. The van der Waals surface area contributed by atoms with Crippen LogP contribution in [-0.2, 0) is 4.74 Å². The second-order valence-corrected chi connectivity index (χ2v) is 7.84. The Morgan fingerprint density at radius 1 is 1.29 bits per heavy atom. The van der Waals surface area contributed by atoms with E-state index in [0.717, 1.165) is 24.8 Å². The van der Waals surface area contributed by atoms with Gasteiger partial charge < -0.3 is 9.47 Å². The summed E-state index contributed by atoms with van der Waals surface area (Å²) < 4.78 is 10.8. The summed E-state index contributed by atoms with van der Waals surface area (Å²) in [6.45, 7) is 5.70. The van der Waals surface area contributed by atoms with Gasteiger partial charge in [0.2, 0.25) is 0 Å². The molecule has 0 aromatic heterocycles. The Morgan fingerprint density at radius 3 is 2.62 bits per heavy atom. The fraction of sp³-hybridized carbons (Fsp3) is 0.526. The molecule has 1 fully saturated rings. The first-order valence-electron chi connectivity index (χ1n) is 8.34. The second kappa shape index (κ2) is 6.32. The van der Waals surface area contributed by atoms with E-state index in [0.29, 0.717) is 10.8 Å². The molecule has 0 radical (unpaired) electrons. The van der Waals surface area contributed by atoms with Crippen molar-refractivity contribution in [1.29, 1.82) is 0 Å². The Kier molecular flexibility index (Phi) is 4.52. The van der Waals surface area contributed by atoms with E-state index in [1.54, 1.807) is 7.11 Å². The predicted octanol–water partition coefficient (Wildman–Crippen LogP) is 4.90. The summed E-state index contributed by atoms with van der Waals surface area (Å²) in [5.74, 6) is 0.676. The summed E-state index contributed by atoms with van der Waals surface area (Å²) in [6, 6.07) is 6.16. The Hall–Kier alpha value is -1.68. The maximum Gasteiger partial charge on any atom is 0.411 e. The van der Waals surface area contributed by atoms with Crippen molar-refractivity contribution in [3.8, 4) is 5.75 Å². The van der Waals surface area contributed by atoms with Crippen LogP contribution in [-0.4, -0.2) is 35.8 Å². The molecule has 0 N–H and O–H groups in total. The van der Waals surface area contributed by atoms with E-state index < -0.39 is 5.60 Å². The third-order valence-corrected chi connectivity index (χ3v) is 4.82. The van der Waals surface area contributed by atoms with E-state index in [2.05, 4.69) is 6.08 Å². The number of rotatable bonds is 2. The molecule has 2 bridgehead atoms. The number of fused-ring (bicyclic) bond motifs is 2. The average molecular weight is 350 g/mol. The van der Waals surface area contributed by atoms with Crippen LogP contribution >= 0.6 is 11.6 Å². The van der Waals surface area contributed by atoms with Gasteiger partial charge in [0.1, 0.15) is 11.4 Å². The van der Waals surface area contributed by atoms with Crippen LogP contribution in [0.25, 0.3) is 5.57 Å². The third-order valence-electron chi connectivity index (χ3n) is 4.52. The van der Waals surface area contributed by atoms with E-state index in [1.165, 1.54) is 5.57 Å². The highest BCUT2D eigenvalue weighted by Gasteiger charge is 2.41. The molecule has 2 aliphatic rings. The van der Waals surface area contributed by atoms with Crippen LogP contribution in [0, 0.1) is 0 Å². The number of benzene rings is 1. The largest absolute Gasteiger partial charge is 0.495 e. The van der Waals surface area contributed by atoms with Crippen molar-refractivity contribution in [2.24, 2.45) is 0 Å². The summed E-state index contributed by atoms with van der Waals surface area (Å²) in [6.07, 6.45) is 4.80. The van der Waals surface area contributed by atoms with Gasteiger partial charge >= 0.3 is 6.09 Å². The molecule has 2 heterocycles. The van der Waals surface area contributed by atoms with Crippen molar-refractivity contribution in [3.05, 3.63) is 34.9 Å². The first-order valence-corrected chi connectivity index (χ1v) is 8.72. The number of nitrogens with zero attached hydrogens (tertiary/aromatic N) is 1. The molecular weight excluding hydrogens is 326 g/mol. The molecule has 3 rings (SSSR count). The fourth-order valence-corrected chi connectivity index (χ4v) is 3.77. The molecule has 2 aliphatic heterocycles. The minimum Gasteiger partial charge on any atom is -0.495 e. The minimum absolute atomic E-state index is 0.106. The van der Waals surface area contributed by atoms with Crippen LogP contribution < -0.4 is 4.74 Å². The normalized spacial score (nSPS) is 23.0. The van der Waals surface area contributed by atoms with Gasteiger partial charge in [-0.1, -0.05) is 23.7 Å². The van der Waals surface area contributed by atoms with Gasteiger partial charge in [-0.15, -0.1) is 0 Å². The Bertz CT molecular complexity index is 678. The van der Waals surface area contributed by atoms with Gasteiger partial charge in [0.15, 0.2) is 0 Å². The van der Waals surface area contributed by atoms with Crippen LogP contribution in [0.4, 0.5) is 4.79 Å². The van der Waals surface area contributed by atoms with Crippen LogP contribution in [0.5, 0.6) is 5.75 Å². The number of carbonyl (C=O) groups is 1. The summed E-state index contributed by atoms with van der Waals surface area (Å²) in [7, 11) is 1.61. The zero-order valence-electron chi connectivity index (χ0n) is 14.6. The molecule has 4 nitrogen and oxygen atoms in total. The SMILES string of the molecule is COc1ccc(C2=CC3CCC(C2)N3C(=O)OC(C)(C)C)cc1Cl. The van der Waals surface area contributed by atoms with Crippen molar-refractivity contribution in [1.82, 2.24) is 4.90 Å². The summed E-state index contributed by atoms with van der Waals surface area (Å²) in [5.41, 5.74) is 1.87. The lowest BCUT2D eigenvalue weighted by Crippen LogP contribution is -2.45. The van der Waals surface area contributed by atoms with Crippen molar-refractivity contribution >= 4 is 23.3 Å². The van der Waals surface area contributed by atoms with Gasteiger partial charge in [-0.2, -0.15) is 0 Å². The maximum atomic E-state index is 12.5. The third kappa shape index (κ3) is 3.39. The molecule has 5 heteroatoms. The molecule has 24 heavy (non-hydrogen) atoms. The highest BCUT2D eigenvalue weighted by molar-refractivity contribution is 6.32. The molecule has 1 saturated heterocycles. The van der Waals surface area contributed by atoms with Crippen molar-refractivity contribution in [3.63, 3.8) is 0 Å². The van der Waals surface area contributed by atoms with Gasteiger partial charge in [-0.25, -0.2) is 4.79 Å². The Balaban J connectivity index is 1.82. The maximum absolute atomic E-state index is 12.5. The highest BCUT2D eigenvalue weighted by Crippen LogP contribution is 2.40. The predicted molar refractivity (Wildman–Crippen MR) is 95.5 cm³/mol. The van der Waals surface area contributed by atoms with Crippen molar-refractivity contribution < 1.29 is 14.3 Å². The van der Waals surface area contributed by atoms with Gasteiger partial charge in [-0.3, -0.25) is 4.90 Å². The van der Waals surface area contributed by atoms with Gasteiger partial charge in [0, 0.05) is 6.04 Å². The van der Waals surface area contributed by atoms with Crippen LogP contribution in [0.15, 0.2) is 24.3 Å². The van der Waals surface area contributed by atoms with Crippen LogP contribution in [0.1, 0.15) is 45.6 Å². The number of halogens is 1. The molecule has 1 aromatic carbocycles. The first-order chi connectivity index (χ1) is 11.3. The van der Waals surface area contributed by atoms with E-state index >= 15 is 0 Å². The minimum atomic E-state index is -0.468. The van der Waals surface area contributed by atoms with E-state index in [9.17, 15) is 4.79 Å². The number of amides is 1. The van der Waals surface area contributed by atoms with E-state index in [4.69, 9.17) is 21.1 Å². The highest BCUT2D eigenvalue weighted by atomic mass is 35.5. The lowest BCUT2D eigenvalue weighted by Gasteiger charge is -2.35. The van der Waals surface area contributed by atoms with E-state index in [1.807, 2.05) is 43.9 Å². The molecule has 0 aliphatic carbocycles. The first kappa shape index (κ1) is 17.2. The lowest BCUT2D eigenvalue weighted by molar-refractivity contribution is 0.0175. The average Bonchev–Trinajstić information content (AvgIpc) is 2.76. The van der Waals surface area contributed by atoms with Crippen molar-refractivity contribution in [2.75, 3.05) is 7.11 Å². The number of carbonyl (C=O) groups excluding carboxylic acids is 1. The van der Waals surface area contributed by atoms with Gasteiger partial charge in [-0.05, 0) is 63.3 Å². The molecule has 1 amide bonds. The van der Waals surface area contributed by atoms with E-state index in [-0.39, 0.29) is 18.2 Å². The van der Waals surface area contributed by atoms with Crippen LogP contribution in [0.2, 0.25) is 5.02 Å². The Labute approximate surface area is 148 Å². The smallest absolute Gasteiger partial charge is 0.411 e. The standard InChI is InChI=1S/C19H24ClNO3/c1-19(2,3)24-18(22)21-14-6-7-15(21)10-13(9-14)12-5-8-17(23-4)16(20)11-12/h5,8-9,11,14-15H,6-7,10H2,1-4H3. The summed E-state index contributed by atoms with van der Waals surface area (Å²) in [4.78, 5) is 14.4. The number of hydrogen-bond donors (Lipinski definition) is 0. The Morgan fingerprint density at radius 2 is 2.04 bits per heavy atom. The number of hydrogen-bond acceptors (Lipinski definition) is 3. The fourth-order valence-electron chi connectivity index (χ4n) is 3.51. The zero-order chi connectivity index (χ0) is 17.5. The second-order valence-electron chi connectivity index (χ2n) is 7.43. The van der Waals surface area contributed by atoms with Crippen molar-refractivity contribution in [2.45, 2.75) is 57.7 Å². The lowest BCUT2D eigenvalue weighted by atomic mass is 9.95. The molecule has 130 valence electrons. The summed E-state index contributed by atoms with van der Waals surface area (Å²) in [5, 5.41) is 0.609. The number of ether oxygens (including phenoxy) is 2. The monoisotopic (exact) mass is 349 g/mol. The van der Waals surface area contributed by atoms with Crippen LogP contribution in [0.3, 0.4) is 0 Å². The molecule has 2 atom stereocenters. The number of methoxy groups -OCH3 is 1.